The normalized spacial score (nSPS) is 23.5. The zero-order valence-corrected chi connectivity index (χ0v) is 33.5. The molecule has 0 radical (unpaired) electrons. The Bertz CT molecular complexity index is 3000. The molecule has 2 aromatic heterocycles. The van der Waals surface area contributed by atoms with Gasteiger partial charge in [0.1, 0.15) is 30.2 Å². The van der Waals surface area contributed by atoms with Crippen LogP contribution in [-0.2, 0) is 11.2 Å². The highest BCUT2D eigenvalue weighted by atomic mass is 19.2. The topological polar surface area (TPSA) is 150 Å². The molecule has 63 heavy (non-hydrogen) atoms. The fraction of sp³-hybridized carbons (Fsp3) is 0.234. The Morgan fingerprint density at radius 1 is 0.651 bits per heavy atom. The molecule has 318 valence electrons. The lowest BCUT2D eigenvalue weighted by molar-refractivity contribution is -0.140. The van der Waals surface area contributed by atoms with Gasteiger partial charge in [0.05, 0.1) is 25.3 Å². The quantitative estimate of drug-likeness (QED) is 0.253. The van der Waals surface area contributed by atoms with Gasteiger partial charge in [0, 0.05) is 56.0 Å². The number of pyridine rings is 2. The Hall–Kier alpha value is -7.46. The molecule has 2 unspecified atom stereocenters. The number of fused-ring (bicyclic) bond motifs is 8. The average molecular weight is 853 g/mol. The molecule has 0 bridgehead atoms. The maximum absolute atomic E-state index is 15.3. The second kappa shape index (κ2) is 14.3. The number of carbonyl (C=O) groups excluding carboxylic acids is 2. The molecular weight excluding hydrogens is 815 g/mol. The van der Waals surface area contributed by atoms with E-state index in [1.807, 2.05) is 76.7 Å². The third-order valence-corrected chi connectivity index (χ3v) is 13.0. The van der Waals surface area contributed by atoms with Crippen LogP contribution in [0.4, 0.5) is 8.78 Å². The van der Waals surface area contributed by atoms with E-state index >= 15 is 4.39 Å². The number of hydrogen-bond donors (Lipinski definition) is 2. The van der Waals surface area contributed by atoms with Crippen molar-refractivity contribution in [1.82, 2.24) is 19.2 Å². The Balaban J connectivity index is 1.05. The molecule has 4 aromatic carbocycles. The minimum atomic E-state index is -1.10. The molecule has 5 aliphatic rings. The smallest absolute Gasteiger partial charge is 0.278 e. The van der Waals surface area contributed by atoms with E-state index in [0.29, 0.717) is 12.0 Å². The first kappa shape index (κ1) is 38.5. The molecule has 2 N–H and O–H groups in total. The molecular formula is C47H38F2N6O8. The van der Waals surface area contributed by atoms with Crippen molar-refractivity contribution in [2.45, 2.75) is 49.4 Å². The molecule has 2 amide bonds. The van der Waals surface area contributed by atoms with Crippen LogP contribution in [0, 0.1) is 11.6 Å². The fourth-order valence-electron chi connectivity index (χ4n) is 10.1. The number of aromatic hydroxyl groups is 2. The second-order valence-electron chi connectivity index (χ2n) is 16.3. The van der Waals surface area contributed by atoms with Crippen molar-refractivity contribution < 1.29 is 38.1 Å². The number of rotatable bonds is 4. The van der Waals surface area contributed by atoms with Crippen LogP contribution < -0.4 is 25.6 Å². The van der Waals surface area contributed by atoms with Gasteiger partial charge in [-0.2, -0.15) is 0 Å². The van der Waals surface area contributed by atoms with Crippen LogP contribution in [-0.4, -0.2) is 79.8 Å². The van der Waals surface area contributed by atoms with Crippen LogP contribution >= 0.6 is 0 Å². The van der Waals surface area contributed by atoms with Gasteiger partial charge in [-0.15, -0.1) is 0 Å². The molecule has 16 heteroatoms. The van der Waals surface area contributed by atoms with Gasteiger partial charge in [-0.25, -0.2) is 8.78 Å². The van der Waals surface area contributed by atoms with Crippen molar-refractivity contribution in [3.05, 3.63) is 192 Å². The lowest BCUT2D eigenvalue weighted by atomic mass is 9.83. The average Bonchev–Trinajstić information content (AvgIpc) is 3.27. The van der Waals surface area contributed by atoms with Gasteiger partial charge >= 0.3 is 0 Å². The number of nitrogens with zero attached hydrogens (tertiary/aromatic N) is 6. The van der Waals surface area contributed by atoms with Gasteiger partial charge in [-0.3, -0.25) is 38.5 Å². The Morgan fingerprint density at radius 3 is 1.86 bits per heavy atom. The number of ether oxygens (including phenoxy) is 2. The maximum atomic E-state index is 15.3. The molecule has 14 nitrogen and oxygen atoms in total. The number of aromatic nitrogens is 2. The summed E-state index contributed by atoms with van der Waals surface area (Å²) in [6.45, 7) is 0.0879. The highest BCUT2D eigenvalue weighted by Gasteiger charge is 2.52. The summed E-state index contributed by atoms with van der Waals surface area (Å²) in [6, 6.07) is 27.0. The number of carbonyl (C=O) groups is 2. The zero-order chi connectivity index (χ0) is 43.4. The molecule has 5 aliphatic heterocycles. The van der Waals surface area contributed by atoms with Crippen molar-refractivity contribution in [2.24, 2.45) is 0 Å². The van der Waals surface area contributed by atoms with Gasteiger partial charge < -0.3 is 29.5 Å². The van der Waals surface area contributed by atoms with Crippen LogP contribution in [0.15, 0.2) is 125 Å². The number of hydrogen-bond acceptors (Lipinski definition) is 10. The molecule has 0 aliphatic carbocycles. The predicted octanol–water partition coefficient (Wildman–Crippen LogP) is 4.83. The maximum Gasteiger partial charge on any atom is 0.278 e. The third-order valence-electron chi connectivity index (χ3n) is 13.0. The summed E-state index contributed by atoms with van der Waals surface area (Å²) in [5.41, 5.74) is 2.45. The minimum absolute atomic E-state index is 0.00162. The van der Waals surface area contributed by atoms with E-state index in [9.17, 15) is 33.8 Å². The first-order chi connectivity index (χ1) is 30.5. The lowest BCUT2D eigenvalue weighted by Gasteiger charge is -2.56. The van der Waals surface area contributed by atoms with Crippen molar-refractivity contribution in [3.63, 3.8) is 0 Å². The number of benzene rings is 4. The van der Waals surface area contributed by atoms with Crippen molar-refractivity contribution >= 4 is 11.8 Å². The molecule has 1 saturated heterocycles. The highest BCUT2D eigenvalue weighted by Crippen LogP contribution is 2.47. The largest absolute Gasteiger partial charge is 0.502 e. The summed E-state index contributed by atoms with van der Waals surface area (Å²) >= 11 is 0. The van der Waals surface area contributed by atoms with Crippen LogP contribution in [0.1, 0.15) is 79.0 Å². The number of halogens is 2. The second-order valence-corrected chi connectivity index (χ2v) is 16.3. The van der Waals surface area contributed by atoms with E-state index in [1.165, 1.54) is 28.0 Å². The van der Waals surface area contributed by atoms with Crippen molar-refractivity contribution in [1.29, 1.82) is 0 Å². The monoisotopic (exact) mass is 852 g/mol. The summed E-state index contributed by atoms with van der Waals surface area (Å²) in [6.07, 6.45) is 1.47. The van der Waals surface area contributed by atoms with Crippen molar-refractivity contribution in [3.8, 4) is 17.2 Å². The fourth-order valence-corrected chi connectivity index (χ4v) is 10.1. The summed E-state index contributed by atoms with van der Waals surface area (Å²) in [7, 11) is 1.65. The van der Waals surface area contributed by atoms with E-state index in [0.717, 1.165) is 40.5 Å². The SMILES string of the molecule is CN1C(=O)c2c(O)c(=O)ccn2N2[C@H](c3ccccc3)c3cc(C4OCC4N4C(=O)c5c(O)c(=O)ccn5N5[C@H](c6ccccc6)c6cc(F)c(F)cc6OCC[C@@H]45)ccc3C[C@@H]12. The van der Waals surface area contributed by atoms with Crippen LogP contribution in [0.2, 0.25) is 0 Å². The predicted molar refractivity (Wildman–Crippen MR) is 223 cm³/mol. The van der Waals surface area contributed by atoms with Gasteiger partial charge in [-0.05, 0) is 33.9 Å². The molecule has 0 spiro atoms. The molecule has 1 fully saturated rings. The summed E-state index contributed by atoms with van der Waals surface area (Å²) in [5.74, 6) is -4.59. The van der Waals surface area contributed by atoms with Gasteiger partial charge in [0.2, 0.25) is 10.9 Å². The molecule has 7 heterocycles. The van der Waals surface area contributed by atoms with E-state index < -0.39 is 82.4 Å². The summed E-state index contributed by atoms with van der Waals surface area (Å²) < 4.78 is 45.6. The van der Waals surface area contributed by atoms with Gasteiger partial charge in [0.25, 0.3) is 11.8 Å². The van der Waals surface area contributed by atoms with E-state index in [1.54, 1.807) is 28.8 Å². The first-order valence-corrected chi connectivity index (χ1v) is 20.5. The Labute approximate surface area is 357 Å². The van der Waals surface area contributed by atoms with E-state index in [-0.39, 0.29) is 42.3 Å². The van der Waals surface area contributed by atoms with Gasteiger partial charge in [-0.1, -0.05) is 78.9 Å². The highest BCUT2D eigenvalue weighted by molar-refractivity contribution is 5.97. The van der Waals surface area contributed by atoms with Crippen molar-refractivity contribution in [2.75, 3.05) is 30.3 Å². The summed E-state index contributed by atoms with van der Waals surface area (Å²) in [4.78, 5) is 57.5. The first-order valence-electron chi connectivity index (χ1n) is 20.5. The molecule has 6 atom stereocenters. The van der Waals surface area contributed by atoms with Gasteiger partial charge in [0.15, 0.2) is 34.5 Å². The lowest BCUT2D eigenvalue weighted by Crippen LogP contribution is -2.68. The number of likely N-dealkylation sites (N-methyl/N-ethyl adjacent to an activating group) is 1. The van der Waals surface area contributed by atoms with E-state index in [4.69, 9.17) is 9.47 Å². The molecule has 11 rings (SSSR count). The summed E-state index contributed by atoms with van der Waals surface area (Å²) in [5, 5.41) is 26.1. The third kappa shape index (κ3) is 5.70. The Kier molecular flexibility index (Phi) is 8.73. The minimum Gasteiger partial charge on any atom is -0.502 e. The van der Waals surface area contributed by atoms with Crippen LogP contribution in [0.5, 0.6) is 17.2 Å². The standard InChI is InChI=1S/C47H38F2N6O8/c1-50-38-21-27-12-13-28(20-29(27)39(25-8-4-2-5-9-25)55(38)51-17-14-34(56)43(58)41(51)46(50)60)45-33(24-63-45)53-37-16-19-62-36-23-32(49)31(48)22-30(36)40(26-10-6-3-7-11-26)54(37)52-18-15-35(57)44(59)42(52)47(53)61/h2-15,17-18,20,22-23,33,37-40,45,58-59H,16,19,21,24H2,1H3/t33?,37-,38-,39+,40+,45?/m0/s1. The number of amides is 2. The van der Waals surface area contributed by atoms with Crippen LogP contribution in [0.25, 0.3) is 0 Å². The molecule has 0 saturated carbocycles. The Morgan fingerprint density at radius 2 is 1.24 bits per heavy atom. The molecule has 6 aromatic rings. The van der Waals surface area contributed by atoms with Crippen LogP contribution in [0.3, 0.4) is 0 Å². The zero-order valence-electron chi connectivity index (χ0n) is 33.5. The van der Waals surface area contributed by atoms with E-state index in [2.05, 4.69) is 0 Å².